The Morgan fingerprint density at radius 2 is 1.71 bits per heavy atom. The Balaban J connectivity index is 0.000000257. The molecule has 144 valence electrons. The summed E-state index contributed by atoms with van der Waals surface area (Å²) in [5.41, 5.74) is 6.08. The zero-order valence-electron chi connectivity index (χ0n) is 16.5. The van der Waals surface area contributed by atoms with E-state index in [0.29, 0.717) is 5.92 Å². The van der Waals surface area contributed by atoms with Crippen LogP contribution in [0.5, 0.6) is 0 Å². The van der Waals surface area contributed by atoms with Crippen LogP contribution in [0.15, 0.2) is 60.7 Å². The van der Waals surface area contributed by atoms with Crippen molar-refractivity contribution in [2.24, 2.45) is 0 Å². The molecule has 0 spiro atoms. The molecule has 3 aromatic rings. The van der Waals surface area contributed by atoms with Crippen LogP contribution in [-0.4, -0.2) is 0 Å². The second kappa shape index (κ2) is 11.4. The number of aryl methyl sites for hydroxylation is 2. The fourth-order valence-electron chi connectivity index (χ4n) is 3.97. The van der Waals surface area contributed by atoms with Crippen molar-refractivity contribution in [3.63, 3.8) is 0 Å². The molecule has 0 aromatic heterocycles. The molecule has 1 atom stereocenters. The van der Waals surface area contributed by atoms with Gasteiger partial charge >= 0.3 is 26.2 Å². The predicted octanol–water partition coefficient (Wildman–Crippen LogP) is 0.854. The molecule has 0 heterocycles. The minimum absolute atomic E-state index is 0. The fourth-order valence-corrected chi connectivity index (χ4v) is 3.97. The van der Waals surface area contributed by atoms with E-state index < -0.39 is 0 Å². The van der Waals surface area contributed by atoms with Gasteiger partial charge in [0.15, 0.2) is 0 Å². The van der Waals surface area contributed by atoms with Crippen molar-refractivity contribution in [2.75, 3.05) is 0 Å². The second-order valence-corrected chi connectivity index (χ2v) is 7.34. The van der Waals surface area contributed by atoms with Crippen molar-refractivity contribution in [1.29, 1.82) is 0 Å². The molecule has 0 radical (unpaired) electrons. The second-order valence-electron chi connectivity index (χ2n) is 7.34. The predicted molar refractivity (Wildman–Crippen MR) is 109 cm³/mol. The summed E-state index contributed by atoms with van der Waals surface area (Å²) in [5, 5.41) is 2.91. The molecular weight excluding hydrogens is 462 g/mol. The number of hydrogen-bond acceptors (Lipinski definition) is 0. The number of rotatable bonds is 3. The van der Waals surface area contributed by atoms with Crippen molar-refractivity contribution in [1.82, 2.24) is 0 Å². The monoisotopic (exact) mass is 486 g/mol. The summed E-state index contributed by atoms with van der Waals surface area (Å²) in [7, 11) is 0. The smallest absolute Gasteiger partial charge is 1.00 e. The average molecular weight is 489 g/mol. The van der Waals surface area contributed by atoms with Crippen LogP contribution in [-0.2, 0) is 39.0 Å². The van der Waals surface area contributed by atoms with Gasteiger partial charge in [0.2, 0.25) is 0 Å². The number of benzene rings is 2. The van der Waals surface area contributed by atoms with E-state index in [1.807, 2.05) is 0 Å². The Bertz CT molecular complexity index is 910. The minimum atomic E-state index is 0. The van der Waals surface area contributed by atoms with Gasteiger partial charge in [0.25, 0.3) is 0 Å². The topological polar surface area (TPSA) is 0 Å². The van der Waals surface area contributed by atoms with Crippen molar-refractivity contribution >= 4 is 16.8 Å². The summed E-state index contributed by atoms with van der Waals surface area (Å²) in [4.78, 5) is 0. The molecule has 3 aromatic carbocycles. The number of hydrogen-bond donors (Lipinski definition) is 0. The van der Waals surface area contributed by atoms with Crippen LogP contribution in [0.2, 0.25) is 0 Å². The summed E-state index contributed by atoms with van der Waals surface area (Å²) in [5.74, 6) is 2.22. The summed E-state index contributed by atoms with van der Waals surface area (Å²) in [6.07, 6.45) is 9.59. The standard InChI is InChI=1S/C14H17.C11H9.2ClH.Zr/c1-3-11(2)10-13-9-8-12-6-4-5-7-14(12)13;1-2-4-10-8(3-1)7-9-5-6-11(9)10;;;/h4-9,13H,3,10H2,1-2H3;1-4,7H,5-6H2;2*1H;/q2*-1;;;+4/p-2. The van der Waals surface area contributed by atoms with Crippen molar-refractivity contribution in [2.45, 2.75) is 45.4 Å². The van der Waals surface area contributed by atoms with E-state index >= 15 is 0 Å². The fraction of sp³-hybridized carbons (Fsp3) is 0.280. The molecule has 0 saturated heterocycles. The molecular formula is C25H26Cl2Zr. The van der Waals surface area contributed by atoms with Gasteiger partial charge in [-0.05, 0) is 17.0 Å². The summed E-state index contributed by atoms with van der Waals surface area (Å²) >= 11 is 0. The van der Waals surface area contributed by atoms with Gasteiger partial charge < -0.3 is 30.7 Å². The Morgan fingerprint density at radius 3 is 2.43 bits per heavy atom. The third-order valence-corrected chi connectivity index (χ3v) is 5.72. The molecule has 2 aliphatic carbocycles. The molecule has 0 fully saturated rings. The molecule has 0 bridgehead atoms. The van der Waals surface area contributed by atoms with Gasteiger partial charge in [0, 0.05) is 0 Å². The van der Waals surface area contributed by atoms with Crippen molar-refractivity contribution < 1.29 is 51.0 Å². The summed E-state index contributed by atoms with van der Waals surface area (Å²) in [6.45, 7) is 4.49. The first-order valence-electron chi connectivity index (χ1n) is 9.51. The van der Waals surface area contributed by atoms with Crippen LogP contribution in [0, 0.1) is 5.92 Å². The van der Waals surface area contributed by atoms with Crippen LogP contribution >= 0.6 is 0 Å². The van der Waals surface area contributed by atoms with Gasteiger partial charge in [-0.3, -0.25) is 0 Å². The molecule has 0 N–H and O–H groups in total. The SMILES string of the molecule is CC[C-](C)CC1C=Cc2ccccc21.[Cl-].[Cl-].[Zr+4].c1ccc2c3c([cH-]c2c1)CC3. The largest absolute Gasteiger partial charge is 4.00 e. The van der Waals surface area contributed by atoms with Gasteiger partial charge in [0.05, 0.1) is 0 Å². The average Bonchev–Trinajstić information content (AvgIpc) is 3.14. The molecule has 0 nitrogen and oxygen atoms in total. The molecule has 28 heavy (non-hydrogen) atoms. The molecule has 2 aliphatic rings. The normalized spacial score (nSPS) is 15.2. The maximum atomic E-state index is 2.34. The minimum Gasteiger partial charge on any atom is -1.00 e. The van der Waals surface area contributed by atoms with E-state index in [-0.39, 0.29) is 51.0 Å². The first-order chi connectivity index (χ1) is 12.3. The third kappa shape index (κ3) is 5.24. The van der Waals surface area contributed by atoms with E-state index in [2.05, 4.69) is 80.6 Å². The van der Waals surface area contributed by atoms with Crippen molar-refractivity contribution in [3.8, 4) is 0 Å². The molecule has 0 saturated carbocycles. The van der Waals surface area contributed by atoms with Crippen molar-refractivity contribution in [3.05, 3.63) is 88.8 Å². The summed E-state index contributed by atoms with van der Waals surface area (Å²) < 4.78 is 0. The van der Waals surface area contributed by atoms with E-state index in [0.717, 1.165) is 0 Å². The molecule has 5 rings (SSSR count). The zero-order chi connectivity index (χ0) is 17.2. The van der Waals surface area contributed by atoms with E-state index in [9.17, 15) is 0 Å². The molecule has 3 heteroatoms. The molecule has 0 amide bonds. The first kappa shape index (κ1) is 25.3. The zero-order valence-corrected chi connectivity index (χ0v) is 20.5. The Kier molecular flexibility index (Phi) is 10.3. The van der Waals surface area contributed by atoms with Crippen LogP contribution in [0.4, 0.5) is 0 Å². The molecule has 0 aliphatic heterocycles. The Hall–Kier alpha value is -0.747. The van der Waals surface area contributed by atoms with Gasteiger partial charge in [-0.2, -0.15) is 19.8 Å². The number of allylic oxidation sites excluding steroid dienone is 1. The van der Waals surface area contributed by atoms with E-state index in [1.54, 1.807) is 17.0 Å². The Labute approximate surface area is 201 Å². The maximum Gasteiger partial charge on any atom is 4.00 e. The van der Waals surface area contributed by atoms with Crippen LogP contribution < -0.4 is 24.8 Å². The number of fused-ring (bicyclic) bond motifs is 4. The van der Waals surface area contributed by atoms with Crippen LogP contribution in [0.25, 0.3) is 16.8 Å². The van der Waals surface area contributed by atoms with Gasteiger partial charge in [-0.15, -0.1) is 46.2 Å². The van der Waals surface area contributed by atoms with Crippen LogP contribution in [0.3, 0.4) is 0 Å². The maximum absolute atomic E-state index is 2.34. The third-order valence-electron chi connectivity index (χ3n) is 5.72. The van der Waals surface area contributed by atoms with Gasteiger partial charge in [-0.25, -0.2) is 0 Å². The van der Waals surface area contributed by atoms with Gasteiger partial charge in [0.1, 0.15) is 0 Å². The van der Waals surface area contributed by atoms with Crippen LogP contribution in [0.1, 0.15) is 54.9 Å². The first-order valence-corrected chi connectivity index (χ1v) is 9.51. The quantitative estimate of drug-likeness (QED) is 0.480. The van der Waals surface area contributed by atoms with Gasteiger partial charge in [-0.1, -0.05) is 62.2 Å². The Morgan fingerprint density at radius 1 is 1.00 bits per heavy atom. The van der Waals surface area contributed by atoms with E-state index in [1.165, 1.54) is 47.6 Å². The van der Waals surface area contributed by atoms with E-state index in [4.69, 9.17) is 0 Å². The number of halogens is 2. The summed E-state index contributed by atoms with van der Waals surface area (Å²) in [6, 6.07) is 19.7. The molecule has 1 unspecified atom stereocenters.